The lowest BCUT2D eigenvalue weighted by Gasteiger charge is -2.19. The van der Waals surface area contributed by atoms with E-state index in [9.17, 15) is 12.9 Å². The van der Waals surface area contributed by atoms with Gasteiger partial charge in [-0.3, -0.25) is 0 Å². The van der Waals surface area contributed by atoms with E-state index in [-0.39, 0.29) is 6.61 Å². The van der Waals surface area contributed by atoms with Crippen LogP contribution in [0.1, 0.15) is 13.3 Å². The summed E-state index contributed by atoms with van der Waals surface area (Å²) in [4.78, 5) is 0. The summed E-state index contributed by atoms with van der Waals surface area (Å²) in [7, 11) is 0. The molecule has 0 amide bonds. The average Bonchev–Trinajstić information content (AvgIpc) is 1.88. The zero-order valence-electron chi connectivity index (χ0n) is 6.36. The van der Waals surface area contributed by atoms with Crippen LogP contribution in [0, 0.1) is 0 Å². The van der Waals surface area contributed by atoms with Crippen LogP contribution in [0.4, 0.5) is 12.9 Å². The molecule has 0 aliphatic heterocycles. The molecule has 6 heteroatoms. The number of aliphatic hydroxyl groups is 1. The fourth-order valence-electron chi connectivity index (χ4n) is 0.638. The van der Waals surface area contributed by atoms with Gasteiger partial charge in [0.1, 0.15) is 0 Å². The molecule has 1 atom stereocenters. The van der Waals surface area contributed by atoms with Crippen LogP contribution < -0.4 is 5.32 Å². The minimum absolute atomic E-state index is 0.247. The lowest BCUT2D eigenvalue weighted by atomic mass is 9.92. The van der Waals surface area contributed by atoms with Gasteiger partial charge in [0.15, 0.2) is 0 Å². The first-order chi connectivity index (χ1) is 4.99. The van der Waals surface area contributed by atoms with Crippen molar-refractivity contribution >= 4 is 6.98 Å². The maximum absolute atomic E-state index is 11.6. The maximum atomic E-state index is 11.6. The van der Waals surface area contributed by atoms with Crippen LogP contribution in [0.3, 0.4) is 0 Å². The molecule has 11 heavy (non-hydrogen) atoms. The zero-order chi connectivity index (χ0) is 8.91. The highest BCUT2D eigenvalue weighted by molar-refractivity contribution is 6.58. The third-order valence-corrected chi connectivity index (χ3v) is 1.35. The topological polar surface area (TPSA) is 32.3 Å². The van der Waals surface area contributed by atoms with Gasteiger partial charge in [-0.25, -0.2) is 0 Å². The van der Waals surface area contributed by atoms with E-state index in [1.165, 1.54) is 0 Å². The van der Waals surface area contributed by atoms with E-state index in [0.717, 1.165) is 0 Å². The zero-order valence-corrected chi connectivity index (χ0v) is 6.36. The molecular formula is C5H12BF3NO-. The molecule has 0 aromatic heterocycles. The summed E-state index contributed by atoms with van der Waals surface area (Å²) in [6.07, 6.45) is -0.471. The van der Waals surface area contributed by atoms with Crippen molar-refractivity contribution in [2.75, 3.05) is 13.1 Å². The molecule has 0 spiro atoms. The quantitative estimate of drug-likeness (QED) is 0.596. The lowest BCUT2D eigenvalue weighted by Crippen LogP contribution is -2.41. The molecule has 0 aliphatic rings. The summed E-state index contributed by atoms with van der Waals surface area (Å²) >= 11 is 0. The van der Waals surface area contributed by atoms with E-state index >= 15 is 0 Å². The lowest BCUT2D eigenvalue weighted by molar-refractivity contribution is 0.240. The minimum Gasteiger partial charge on any atom is -0.448 e. The Hall–Kier alpha value is -0.225. The van der Waals surface area contributed by atoms with Crippen molar-refractivity contribution in [2.24, 2.45) is 0 Å². The number of aliphatic hydroxyl groups excluding tert-OH is 1. The highest BCUT2D eigenvalue weighted by Crippen LogP contribution is 2.06. The number of hydrogen-bond acceptors (Lipinski definition) is 2. The van der Waals surface area contributed by atoms with Crippen LogP contribution in [-0.4, -0.2) is 31.2 Å². The maximum Gasteiger partial charge on any atom is 0.491 e. The molecule has 0 saturated heterocycles. The average molecular weight is 170 g/mol. The smallest absolute Gasteiger partial charge is 0.448 e. The van der Waals surface area contributed by atoms with E-state index in [1.807, 2.05) is 0 Å². The predicted octanol–water partition coefficient (Wildman–Crippen LogP) is 0.734. The summed E-state index contributed by atoms with van der Waals surface area (Å²) in [5.74, 6) is 0. The second-order valence-corrected chi connectivity index (χ2v) is 2.41. The Kier molecular flexibility index (Phi) is 4.52. The molecule has 68 valence electrons. The van der Waals surface area contributed by atoms with E-state index < -0.39 is 19.5 Å². The van der Waals surface area contributed by atoms with Gasteiger partial charge in [0.2, 0.25) is 0 Å². The van der Waals surface area contributed by atoms with E-state index in [4.69, 9.17) is 5.11 Å². The van der Waals surface area contributed by atoms with Crippen LogP contribution in [-0.2, 0) is 0 Å². The van der Waals surface area contributed by atoms with Gasteiger partial charge >= 0.3 is 6.98 Å². The van der Waals surface area contributed by atoms with Gasteiger partial charge < -0.3 is 23.4 Å². The number of rotatable bonds is 5. The fourth-order valence-corrected chi connectivity index (χ4v) is 0.638. The summed E-state index contributed by atoms with van der Waals surface area (Å²) in [6, 6.07) is -0.432. The molecule has 0 bridgehead atoms. The molecular weight excluding hydrogens is 158 g/mol. The van der Waals surface area contributed by atoms with Crippen molar-refractivity contribution in [2.45, 2.75) is 19.4 Å². The molecule has 0 aliphatic carbocycles. The van der Waals surface area contributed by atoms with Crippen molar-refractivity contribution in [3.05, 3.63) is 0 Å². The van der Waals surface area contributed by atoms with E-state index in [2.05, 4.69) is 5.32 Å². The Labute approximate surface area is 63.8 Å². The molecule has 2 nitrogen and oxygen atoms in total. The van der Waals surface area contributed by atoms with Gasteiger partial charge in [0.05, 0.1) is 6.61 Å². The van der Waals surface area contributed by atoms with Gasteiger partial charge in [-0.2, -0.15) is 0 Å². The molecule has 0 heterocycles. The molecule has 2 N–H and O–H groups in total. The summed E-state index contributed by atoms with van der Waals surface area (Å²) in [5, 5.41) is 10.7. The molecule has 0 rings (SSSR count). The van der Waals surface area contributed by atoms with E-state index in [1.54, 1.807) is 6.92 Å². The molecule has 0 aromatic carbocycles. The number of halogens is 3. The van der Waals surface area contributed by atoms with Gasteiger partial charge in [-0.1, -0.05) is 6.92 Å². The molecule has 0 radical (unpaired) electrons. The van der Waals surface area contributed by atoms with Crippen molar-refractivity contribution in [3.63, 3.8) is 0 Å². The highest BCUT2D eigenvalue weighted by atomic mass is 19.4. The Balaban J connectivity index is 3.51. The van der Waals surface area contributed by atoms with Crippen molar-refractivity contribution in [1.29, 1.82) is 0 Å². The van der Waals surface area contributed by atoms with E-state index in [0.29, 0.717) is 6.42 Å². The van der Waals surface area contributed by atoms with Crippen LogP contribution in [0.2, 0.25) is 0 Å². The van der Waals surface area contributed by atoms with Gasteiger partial charge in [-0.15, -0.1) is 0 Å². The Morgan fingerprint density at radius 1 is 1.45 bits per heavy atom. The van der Waals surface area contributed by atoms with Gasteiger partial charge in [0, 0.05) is 6.04 Å². The van der Waals surface area contributed by atoms with Gasteiger partial charge in [-0.05, 0) is 12.9 Å². The Bertz CT molecular complexity index is 104. The minimum atomic E-state index is -4.77. The van der Waals surface area contributed by atoms with Crippen molar-refractivity contribution in [3.8, 4) is 0 Å². The predicted molar refractivity (Wildman–Crippen MR) is 38.2 cm³/mol. The largest absolute Gasteiger partial charge is 0.491 e. The Morgan fingerprint density at radius 3 is 2.27 bits per heavy atom. The third-order valence-electron chi connectivity index (χ3n) is 1.35. The van der Waals surface area contributed by atoms with Crippen LogP contribution in [0.15, 0.2) is 0 Å². The standard InChI is InChI=1S/C5H12BF3NO/c1-2-5(3-11)10-4-6(7,8)9/h5,10-11H,2-4H2,1H3/q-1. The third kappa shape index (κ3) is 6.18. The molecule has 0 fully saturated rings. The Morgan fingerprint density at radius 2 is 2.00 bits per heavy atom. The molecule has 0 aromatic rings. The first-order valence-corrected chi connectivity index (χ1v) is 3.54. The summed E-state index contributed by atoms with van der Waals surface area (Å²) in [6.45, 7) is -3.30. The van der Waals surface area contributed by atoms with Crippen LogP contribution >= 0.6 is 0 Å². The molecule has 0 saturated carbocycles. The normalized spacial score (nSPS) is 15.0. The summed E-state index contributed by atoms with van der Waals surface area (Å²) < 4.78 is 34.8. The number of nitrogens with one attached hydrogen (secondary N) is 1. The SMILES string of the molecule is CCC(CO)NC[B-](F)(F)F. The van der Waals surface area contributed by atoms with Crippen molar-refractivity contribution < 1.29 is 18.1 Å². The first kappa shape index (κ1) is 10.8. The van der Waals surface area contributed by atoms with Crippen LogP contribution in [0.5, 0.6) is 0 Å². The first-order valence-electron chi connectivity index (χ1n) is 3.54. The number of hydrogen-bond donors (Lipinski definition) is 2. The fraction of sp³-hybridized carbons (Fsp3) is 1.00. The van der Waals surface area contributed by atoms with Gasteiger partial charge in [0.25, 0.3) is 0 Å². The van der Waals surface area contributed by atoms with Crippen LogP contribution in [0.25, 0.3) is 0 Å². The molecule has 1 unspecified atom stereocenters. The highest BCUT2D eigenvalue weighted by Gasteiger charge is 2.23. The van der Waals surface area contributed by atoms with Crippen molar-refractivity contribution in [1.82, 2.24) is 5.32 Å². The monoisotopic (exact) mass is 170 g/mol. The second kappa shape index (κ2) is 4.61. The second-order valence-electron chi connectivity index (χ2n) is 2.41. The summed E-state index contributed by atoms with van der Waals surface area (Å²) in [5.41, 5.74) is 0.